The zero-order valence-corrected chi connectivity index (χ0v) is 14.3. The summed E-state index contributed by atoms with van der Waals surface area (Å²) in [4.78, 5) is 46.4. The van der Waals surface area contributed by atoms with Gasteiger partial charge in [-0.05, 0) is 46.5 Å². The number of nitrogens with zero attached hydrogens (tertiary/aromatic N) is 4. The molecule has 8 nitrogen and oxygen atoms in total. The quantitative estimate of drug-likeness (QED) is 0.766. The maximum Gasteiger partial charge on any atom is 0.437 e. The predicted octanol–water partition coefficient (Wildman–Crippen LogP) is 1.48. The standard InChI is InChI=1S/C18H16N4O4/c1-11-7-14(10-22-18(26)6-4-16(24)20-22)12(2)8-13(11)9-21-17(25)5-3-15(23)19-21/h3-8H,9-10H2,1-2H3/q+2. The normalized spacial score (nSPS) is 16.8. The van der Waals surface area contributed by atoms with Crippen LogP contribution in [0.1, 0.15) is 22.3 Å². The maximum atomic E-state index is 11.8. The van der Waals surface area contributed by atoms with Gasteiger partial charge in [-0.1, -0.05) is 0 Å². The van der Waals surface area contributed by atoms with E-state index in [2.05, 4.69) is 10.2 Å². The van der Waals surface area contributed by atoms with E-state index in [4.69, 9.17) is 0 Å². The molecule has 0 aromatic heterocycles. The van der Waals surface area contributed by atoms with Gasteiger partial charge in [-0.25, -0.2) is 9.59 Å². The highest BCUT2D eigenvalue weighted by atomic mass is 16.2. The van der Waals surface area contributed by atoms with Crippen LogP contribution >= 0.6 is 0 Å². The Morgan fingerprint density at radius 3 is 1.46 bits per heavy atom. The summed E-state index contributed by atoms with van der Waals surface area (Å²) in [5.74, 6) is -1.65. The number of azo groups is 4. The van der Waals surface area contributed by atoms with Crippen LogP contribution in [0.4, 0.5) is 0 Å². The van der Waals surface area contributed by atoms with Gasteiger partial charge >= 0.3 is 23.6 Å². The number of rotatable bonds is 4. The molecule has 2 heterocycles. The summed E-state index contributed by atoms with van der Waals surface area (Å²) in [5, 5.41) is 7.42. The fourth-order valence-electron chi connectivity index (χ4n) is 2.69. The van der Waals surface area contributed by atoms with Crippen molar-refractivity contribution in [3.63, 3.8) is 0 Å². The second-order valence-corrected chi connectivity index (χ2v) is 6.04. The van der Waals surface area contributed by atoms with Crippen LogP contribution in [0.2, 0.25) is 0 Å². The minimum Gasteiger partial charge on any atom is -0.261 e. The average Bonchev–Trinajstić information content (AvgIpc) is 2.58. The minimum absolute atomic E-state index is 0.177. The summed E-state index contributed by atoms with van der Waals surface area (Å²) in [7, 11) is 0. The Morgan fingerprint density at radius 2 is 1.08 bits per heavy atom. The fourth-order valence-corrected chi connectivity index (χ4v) is 2.69. The van der Waals surface area contributed by atoms with Gasteiger partial charge in [0.2, 0.25) is 13.1 Å². The number of hydrogen-bond acceptors (Lipinski definition) is 4. The van der Waals surface area contributed by atoms with Crippen LogP contribution in [0.15, 0.2) is 46.7 Å². The fraction of sp³-hybridized carbons (Fsp3) is 0.222. The number of carbonyl (C=O) groups is 4. The Hall–Kier alpha value is -3.42. The summed E-state index contributed by atoms with van der Waals surface area (Å²) in [6, 6.07) is 3.75. The van der Waals surface area contributed by atoms with Crippen LogP contribution in [0.3, 0.4) is 0 Å². The molecule has 0 bridgehead atoms. The topological polar surface area (TPSA) is 99.0 Å². The molecule has 0 aliphatic carbocycles. The van der Waals surface area contributed by atoms with E-state index in [1.165, 1.54) is 12.2 Å². The lowest BCUT2D eigenvalue weighted by Gasteiger charge is -2.09. The second kappa shape index (κ2) is 6.83. The van der Waals surface area contributed by atoms with E-state index in [-0.39, 0.29) is 24.9 Å². The van der Waals surface area contributed by atoms with Crippen LogP contribution in [-0.2, 0) is 32.3 Å². The summed E-state index contributed by atoms with van der Waals surface area (Å²) in [6.45, 7) is 4.08. The molecule has 0 saturated carbocycles. The SMILES string of the molecule is Cc1cc(C[N+]2=NC(=O)C=CC2=O)c(C)cc1C[N+]1=NC(=O)C=CC1=O. The molecular formula is C18H16N4O4+2. The van der Waals surface area contributed by atoms with Crippen molar-refractivity contribution in [2.75, 3.05) is 0 Å². The molecule has 0 atom stereocenters. The summed E-state index contributed by atoms with van der Waals surface area (Å²) in [5.41, 5.74) is 3.43. The molecular weight excluding hydrogens is 336 g/mol. The molecule has 3 rings (SSSR count). The first-order valence-corrected chi connectivity index (χ1v) is 7.93. The molecule has 8 heteroatoms. The van der Waals surface area contributed by atoms with Crippen molar-refractivity contribution in [2.24, 2.45) is 10.2 Å². The molecule has 1 aromatic rings. The molecule has 0 N–H and O–H groups in total. The van der Waals surface area contributed by atoms with Gasteiger partial charge in [-0.3, -0.25) is 9.59 Å². The zero-order valence-electron chi connectivity index (χ0n) is 14.3. The number of amides is 4. The third kappa shape index (κ3) is 3.64. The number of benzene rings is 1. The molecule has 0 saturated heterocycles. The van der Waals surface area contributed by atoms with Gasteiger partial charge in [0, 0.05) is 33.5 Å². The number of carbonyl (C=O) groups excluding carboxylic acids is 4. The van der Waals surface area contributed by atoms with Gasteiger partial charge in [-0.15, -0.1) is 0 Å². The lowest BCUT2D eigenvalue weighted by atomic mass is 9.99. The largest absolute Gasteiger partial charge is 0.437 e. The Kier molecular flexibility index (Phi) is 4.57. The van der Waals surface area contributed by atoms with Gasteiger partial charge in [0.05, 0.1) is 12.2 Å². The molecule has 0 radical (unpaired) electrons. The lowest BCUT2D eigenvalue weighted by molar-refractivity contribution is -0.522. The average molecular weight is 352 g/mol. The van der Waals surface area contributed by atoms with E-state index in [1.807, 2.05) is 26.0 Å². The van der Waals surface area contributed by atoms with E-state index >= 15 is 0 Å². The zero-order chi connectivity index (χ0) is 18.8. The smallest absolute Gasteiger partial charge is 0.261 e. The Morgan fingerprint density at radius 1 is 0.692 bits per heavy atom. The summed E-state index contributed by atoms with van der Waals surface area (Å²) in [6.07, 6.45) is 4.66. The Balaban J connectivity index is 1.85. The van der Waals surface area contributed by atoms with Crippen molar-refractivity contribution >= 4 is 23.6 Å². The molecule has 26 heavy (non-hydrogen) atoms. The first kappa shape index (κ1) is 17.4. The highest BCUT2D eigenvalue weighted by Gasteiger charge is 2.27. The Labute approximate surface area is 148 Å². The molecule has 4 amide bonds. The van der Waals surface area contributed by atoms with Crippen LogP contribution in [0.5, 0.6) is 0 Å². The molecule has 2 aliphatic rings. The van der Waals surface area contributed by atoms with E-state index < -0.39 is 11.8 Å². The van der Waals surface area contributed by atoms with Gasteiger partial charge in [0.25, 0.3) is 0 Å². The highest BCUT2D eigenvalue weighted by Crippen LogP contribution is 2.19. The summed E-state index contributed by atoms with van der Waals surface area (Å²) < 4.78 is 2.24. The van der Waals surface area contributed by atoms with Crippen molar-refractivity contribution in [3.8, 4) is 0 Å². The third-order valence-electron chi connectivity index (χ3n) is 4.12. The number of hydrogen-bond donors (Lipinski definition) is 0. The van der Waals surface area contributed by atoms with Gasteiger partial charge in [0.1, 0.15) is 0 Å². The van der Waals surface area contributed by atoms with Gasteiger partial charge in [-0.2, -0.15) is 0 Å². The number of aryl methyl sites for hydroxylation is 2. The third-order valence-corrected chi connectivity index (χ3v) is 4.12. The highest BCUT2D eigenvalue weighted by molar-refractivity contribution is 5.96. The maximum absolute atomic E-state index is 11.8. The van der Waals surface area contributed by atoms with E-state index in [1.54, 1.807) is 0 Å². The van der Waals surface area contributed by atoms with Gasteiger partial charge < -0.3 is 0 Å². The molecule has 0 fully saturated rings. The monoisotopic (exact) mass is 352 g/mol. The van der Waals surface area contributed by atoms with Crippen molar-refractivity contribution in [3.05, 3.63) is 58.7 Å². The molecule has 0 spiro atoms. The van der Waals surface area contributed by atoms with Crippen LogP contribution in [0.25, 0.3) is 0 Å². The van der Waals surface area contributed by atoms with Crippen LogP contribution in [0, 0.1) is 13.8 Å². The minimum atomic E-state index is -0.474. The molecule has 1 aromatic carbocycles. The lowest BCUT2D eigenvalue weighted by Crippen LogP contribution is -2.23. The van der Waals surface area contributed by atoms with Crippen LogP contribution in [-0.4, -0.2) is 33.0 Å². The Bertz CT molecular complexity index is 903. The van der Waals surface area contributed by atoms with Crippen LogP contribution < -0.4 is 0 Å². The molecule has 130 valence electrons. The summed E-state index contributed by atoms with van der Waals surface area (Å²) >= 11 is 0. The van der Waals surface area contributed by atoms with Gasteiger partial charge in [0.15, 0.2) is 0 Å². The van der Waals surface area contributed by atoms with E-state index in [0.717, 1.165) is 43.8 Å². The van der Waals surface area contributed by atoms with E-state index in [0.29, 0.717) is 0 Å². The van der Waals surface area contributed by atoms with Crippen molar-refractivity contribution in [1.29, 1.82) is 0 Å². The molecule has 0 unspecified atom stereocenters. The van der Waals surface area contributed by atoms with Crippen molar-refractivity contribution in [2.45, 2.75) is 26.9 Å². The second-order valence-electron chi connectivity index (χ2n) is 6.04. The van der Waals surface area contributed by atoms with E-state index in [9.17, 15) is 19.2 Å². The predicted molar refractivity (Wildman–Crippen MR) is 87.0 cm³/mol. The first-order chi connectivity index (χ1) is 12.3. The first-order valence-electron chi connectivity index (χ1n) is 7.93. The van der Waals surface area contributed by atoms with Crippen molar-refractivity contribution in [1.82, 2.24) is 0 Å². The molecule has 2 aliphatic heterocycles. The van der Waals surface area contributed by atoms with Crippen molar-refractivity contribution < 1.29 is 28.6 Å².